The molecule has 2 amide bonds. The van der Waals surface area contributed by atoms with Gasteiger partial charge in [0.2, 0.25) is 11.8 Å². The highest BCUT2D eigenvalue weighted by atomic mass is 31.3. The number of nitrogens with two attached hydrogens (primary N) is 1. The van der Waals surface area contributed by atoms with Gasteiger partial charge in [0.1, 0.15) is 52.8 Å². The standard InChI is InChI=1S/C29H38N7O16P3.C21H25N6O14P3.C20H12O5/c1-19(37)30-11-4-2-3-7-26(39)31-12-5-6-20-8-9-21(23(14-20)36(40)41)16-33-22-10-13-32-29-28(22)34-18-35(29)27-15-24(38)25(50-27)17-49-54(45,46)52-55(47,48)51-53(42,43)44;22-6-1-2-13-3-4-14(16(8-13)27(29)30)10-24-15-5-7-23-21-20(15)25-12-26(21)19-9-17(28)18(39-19)11-38-43(34,35)41-44(36,37)40-42(31,32)33;21-11-5-7-15-17(9-11)25-18-10-12(22)6-8-16(18)19(15)13-3-1-2-4-14(13)20(23)24/h8-10,13-14,18,24-25,27,38H,2-4,7,11-12,15-17H2,1H3,(H,30,37)(H,31,39)(H,32,33)(H,45,46)(H,47,48)(H2,42,43,44);3-5,7-8,12,17-19,28H,6,9-11,22H2,(H,23,24)(H,34,35)(H,36,37)(H2,31,32,33);1-10,21H,(H,23,24)/t24?,25-,27-;17?,18-,19-;/m11./s1. The summed E-state index contributed by atoms with van der Waals surface area (Å²) in [6, 6.07) is 27.9. The van der Waals surface area contributed by atoms with Gasteiger partial charge in [-0.05, 0) is 85.1 Å². The van der Waals surface area contributed by atoms with Crippen LogP contribution in [0.3, 0.4) is 0 Å². The van der Waals surface area contributed by atoms with Crippen molar-refractivity contribution < 1.29 is 151 Å². The number of hydrogen-bond donors (Lipinski definition) is 17. The number of hydrogen-bond acceptors (Lipinski definition) is 33. The highest BCUT2D eigenvalue weighted by Gasteiger charge is 2.45. The average Bonchev–Trinajstić information content (AvgIpc) is 1.09. The number of rotatable bonds is 33. The van der Waals surface area contributed by atoms with E-state index in [4.69, 9.17) is 39.2 Å². The van der Waals surface area contributed by atoms with Gasteiger partial charge in [0, 0.05) is 121 Å². The molecule has 660 valence electrons. The van der Waals surface area contributed by atoms with Crippen LogP contribution in [-0.2, 0) is 85.8 Å². The van der Waals surface area contributed by atoms with E-state index in [1.165, 1.54) is 83.6 Å². The van der Waals surface area contributed by atoms with Crippen molar-refractivity contribution in [2.45, 2.75) is 95.4 Å². The summed E-state index contributed by atoms with van der Waals surface area (Å²) in [5.74, 6) is 10.0. The number of aliphatic hydroxyl groups is 2. The molecule has 18 N–H and O–H groups in total. The second kappa shape index (κ2) is 41.3. The molecule has 0 bridgehead atoms. The largest absolute Gasteiger partial charge is 0.508 e. The minimum absolute atomic E-state index is 0.00180. The number of ether oxygens (including phenoxy) is 2. The Hall–Kier alpha value is -10.8. The lowest BCUT2D eigenvalue weighted by Gasteiger charge is -2.19. The number of amides is 2. The highest BCUT2D eigenvalue weighted by molar-refractivity contribution is 7.67. The third-order valence-electron chi connectivity index (χ3n) is 17.6. The summed E-state index contributed by atoms with van der Waals surface area (Å²) in [7, 11) is -33.5. The molecule has 10 atom stereocenters. The van der Waals surface area contributed by atoms with Gasteiger partial charge in [-0.25, -0.2) is 52.1 Å². The first-order valence-corrected chi connectivity index (χ1v) is 45.1. The van der Waals surface area contributed by atoms with E-state index in [0.717, 1.165) is 12.8 Å². The Morgan fingerprint density at radius 3 is 1.62 bits per heavy atom. The molecule has 0 radical (unpaired) electrons. The van der Waals surface area contributed by atoms with Crippen molar-refractivity contribution in [1.82, 2.24) is 39.7 Å². The molecule has 3 aliphatic heterocycles. The number of nitro benzene ring substituents is 2. The summed E-state index contributed by atoms with van der Waals surface area (Å²) >= 11 is 0. The molecule has 0 saturated carbocycles. The Morgan fingerprint density at radius 1 is 0.613 bits per heavy atom. The Labute approximate surface area is 697 Å². The number of carboxylic acids is 1. The van der Waals surface area contributed by atoms with Gasteiger partial charge in [-0.3, -0.25) is 52.8 Å². The number of aromatic hydroxyl groups is 1. The van der Waals surface area contributed by atoms with Crippen LogP contribution >= 0.6 is 46.9 Å². The van der Waals surface area contributed by atoms with Crippen LogP contribution in [0.15, 0.2) is 143 Å². The third kappa shape index (κ3) is 26.8. The van der Waals surface area contributed by atoms with Gasteiger partial charge in [0.05, 0.1) is 78.0 Å². The number of carbonyl (C=O) groups excluding carboxylic acids is 2. The number of aromatic nitrogens is 6. The number of imidazole rings is 2. The molecule has 8 aromatic rings. The number of benzene rings is 5. The zero-order valence-electron chi connectivity index (χ0n) is 64.0. The molecule has 4 aromatic heterocycles. The monoisotopic (exact) mass is 1840 g/mol. The number of phenols is 1. The fourth-order valence-corrected chi connectivity index (χ4v) is 18.4. The summed E-state index contributed by atoms with van der Waals surface area (Å²) in [4.78, 5) is 159. The first kappa shape index (κ1) is 95.4. The molecule has 12 rings (SSSR count). The second-order valence-corrected chi connectivity index (χ2v) is 35.3. The molecule has 2 fully saturated rings. The maximum atomic E-state index is 12.1. The number of nitro groups is 2. The maximum Gasteiger partial charge on any atom is 0.490 e. The molecule has 7 heterocycles. The fourth-order valence-electron chi connectivity index (χ4n) is 12.3. The number of aromatic carboxylic acids is 1. The molecule has 124 heavy (non-hydrogen) atoms. The lowest BCUT2D eigenvalue weighted by molar-refractivity contribution is -0.385. The Morgan fingerprint density at radius 2 is 1.13 bits per heavy atom. The van der Waals surface area contributed by atoms with Gasteiger partial charge < -0.3 is 100 Å². The van der Waals surface area contributed by atoms with E-state index in [-0.39, 0.29) is 84.6 Å². The van der Waals surface area contributed by atoms with Crippen molar-refractivity contribution in [3.8, 4) is 51.9 Å². The minimum atomic E-state index is -5.73. The molecule has 2 saturated heterocycles. The van der Waals surface area contributed by atoms with Crippen molar-refractivity contribution in [2.24, 2.45) is 5.73 Å². The van der Waals surface area contributed by atoms with Crippen LogP contribution in [-0.4, -0.2) is 174 Å². The molecule has 0 spiro atoms. The molecule has 54 heteroatoms. The summed E-state index contributed by atoms with van der Waals surface area (Å²) in [6.07, 6.45) is 0.968. The number of phosphoric ester groups is 2. The lowest BCUT2D eigenvalue weighted by Crippen LogP contribution is -2.26. The number of pyridine rings is 2. The summed E-state index contributed by atoms with van der Waals surface area (Å²) < 4.78 is 113. The number of aliphatic hydroxyl groups excluding tert-OH is 2. The van der Waals surface area contributed by atoms with Gasteiger partial charge in [0.25, 0.3) is 11.4 Å². The third-order valence-corrected chi connectivity index (χ3v) is 25.2. The summed E-state index contributed by atoms with van der Waals surface area (Å²) in [5, 5.41) is 76.0. The minimum Gasteiger partial charge on any atom is -0.508 e. The second-order valence-electron chi connectivity index (χ2n) is 26.5. The molecule has 1 aliphatic carbocycles. The van der Waals surface area contributed by atoms with Crippen molar-refractivity contribution >= 4 is 121 Å². The molecule has 4 aromatic carbocycles. The first-order chi connectivity index (χ1) is 58.4. The lowest BCUT2D eigenvalue weighted by atomic mass is 9.91. The quantitative estimate of drug-likeness (QED) is 0.00478. The number of anilines is 2. The van der Waals surface area contributed by atoms with Crippen LogP contribution in [0.5, 0.6) is 5.75 Å². The molecule has 48 nitrogen and oxygen atoms in total. The molecular weight excluding hydrogens is 1770 g/mol. The topological polar surface area (TPSA) is 722 Å². The van der Waals surface area contributed by atoms with Crippen LogP contribution in [0, 0.1) is 43.9 Å². The number of nitrogens with zero attached hydrogens (tertiary/aromatic N) is 8. The molecule has 6 unspecified atom stereocenters. The predicted octanol–water partition coefficient (Wildman–Crippen LogP) is 7.33. The van der Waals surface area contributed by atoms with E-state index in [2.05, 4.69) is 91.2 Å². The van der Waals surface area contributed by atoms with Crippen molar-refractivity contribution in [1.29, 1.82) is 0 Å². The Bertz CT molecular complexity index is 6140. The van der Waals surface area contributed by atoms with Gasteiger partial charge in [0.15, 0.2) is 16.7 Å². The van der Waals surface area contributed by atoms with Crippen LogP contribution in [0.2, 0.25) is 0 Å². The number of phosphoric acid groups is 6. The van der Waals surface area contributed by atoms with E-state index >= 15 is 0 Å². The zero-order chi connectivity index (χ0) is 90.2. The normalized spacial score (nSPS) is 18.3. The van der Waals surface area contributed by atoms with Crippen LogP contribution < -0.4 is 32.4 Å². The highest BCUT2D eigenvalue weighted by Crippen LogP contribution is 2.68. The van der Waals surface area contributed by atoms with Crippen molar-refractivity contribution in [2.75, 3.05) is 43.5 Å². The van der Waals surface area contributed by atoms with Gasteiger partial charge in [-0.1, -0.05) is 48.3 Å². The number of phenolic OH excluding ortho intramolecular Hbond substituents is 1. The number of unbranched alkanes of at least 4 members (excludes halogenated alkanes) is 2. The summed E-state index contributed by atoms with van der Waals surface area (Å²) in [5.41, 5.74) is 10.8. The number of nitrogens with one attached hydrogen (secondary N) is 4. The Balaban J connectivity index is 0.000000207. The SMILES string of the molecule is CC(=O)NCCCCCC(=O)NCC#Cc1ccc(CNc2ccnc3c2ncn3[C@H]2CC(O)[C@@H](COP(=O)(O)OP(=O)(O)OP(=O)(O)O)O2)c([N+](=O)[O-])c1.NCC#Cc1ccc(CNc2ccnc3c2ncn3[C@H]2CC(O)[C@@H](COP(=O)(O)OP(=O)(O)OP(=O)(O)O)O2)c([N+](=O)[O-])c1.O=C(O)c1ccccc1-c1c2ccc(=O)cc-2oc2cc(O)ccc12. The molecular formula is C70H75N13O35P6. The van der Waals surface area contributed by atoms with E-state index in [9.17, 15) is 107 Å². The molecule has 4 aliphatic rings. The van der Waals surface area contributed by atoms with E-state index in [0.29, 0.717) is 103 Å². The average molecular weight is 1840 g/mol. The fraction of sp³-hybridized carbons (Fsp3) is 0.286. The van der Waals surface area contributed by atoms with Gasteiger partial charge in [-0.15, -0.1) is 0 Å². The van der Waals surface area contributed by atoms with Crippen LogP contribution in [0.4, 0.5) is 22.7 Å². The van der Waals surface area contributed by atoms with Crippen LogP contribution in [0.1, 0.15) is 90.5 Å². The first-order valence-electron chi connectivity index (χ1n) is 36.0. The number of carboxylic acid groups (broad SMARTS) is 1. The smallest absolute Gasteiger partial charge is 0.490 e. The predicted molar refractivity (Wildman–Crippen MR) is 431 cm³/mol. The van der Waals surface area contributed by atoms with E-state index < -0.39 is 113 Å². The van der Waals surface area contributed by atoms with Crippen molar-refractivity contribution in [3.05, 3.63) is 193 Å². The Kier molecular flexibility index (Phi) is 31.8. The van der Waals surface area contributed by atoms with Crippen LogP contribution in [0.25, 0.3) is 55.7 Å². The van der Waals surface area contributed by atoms with Gasteiger partial charge in [-0.2, -0.15) is 17.2 Å². The van der Waals surface area contributed by atoms with E-state index in [1.54, 1.807) is 66.7 Å². The maximum absolute atomic E-state index is 12.1. The van der Waals surface area contributed by atoms with Crippen molar-refractivity contribution in [3.63, 3.8) is 0 Å². The van der Waals surface area contributed by atoms with E-state index in [1.807, 2.05) is 0 Å². The number of carbonyl (C=O) groups is 3. The van der Waals surface area contributed by atoms with Gasteiger partial charge >= 0.3 is 52.9 Å². The number of fused-ring (bicyclic) bond motifs is 4. The summed E-state index contributed by atoms with van der Waals surface area (Å²) in [6.45, 7) is 0.499. The zero-order valence-corrected chi connectivity index (χ0v) is 69.3.